The molecule has 1 saturated heterocycles. The Hall–Kier alpha value is -0.640. The molecular formula is C14H25N3O2S. The third-order valence-electron chi connectivity index (χ3n) is 4.15. The van der Waals surface area contributed by atoms with Crippen LogP contribution in [0.25, 0.3) is 0 Å². The van der Waals surface area contributed by atoms with Gasteiger partial charge in [0.1, 0.15) is 5.54 Å². The molecule has 1 saturated carbocycles. The van der Waals surface area contributed by atoms with Crippen LogP contribution in [0.1, 0.15) is 39.0 Å². The first-order valence-corrected chi connectivity index (χ1v) is 9.36. The van der Waals surface area contributed by atoms with Crippen LogP contribution in [0.3, 0.4) is 0 Å². The van der Waals surface area contributed by atoms with E-state index >= 15 is 0 Å². The zero-order valence-corrected chi connectivity index (χ0v) is 13.1. The summed E-state index contributed by atoms with van der Waals surface area (Å²) in [6.45, 7) is 4.36. The van der Waals surface area contributed by atoms with Gasteiger partial charge in [-0.25, -0.2) is 8.42 Å². The summed E-state index contributed by atoms with van der Waals surface area (Å²) in [6.07, 6.45) is 4.85. The summed E-state index contributed by atoms with van der Waals surface area (Å²) in [4.78, 5) is 2.22. The quantitative estimate of drug-likeness (QED) is 0.789. The molecule has 1 unspecified atom stereocenters. The molecule has 0 bridgehead atoms. The summed E-state index contributed by atoms with van der Waals surface area (Å²) < 4.78 is 23.1. The van der Waals surface area contributed by atoms with Gasteiger partial charge in [0.2, 0.25) is 0 Å². The van der Waals surface area contributed by atoms with E-state index in [4.69, 9.17) is 0 Å². The molecule has 1 aliphatic carbocycles. The van der Waals surface area contributed by atoms with Gasteiger partial charge in [-0.15, -0.1) is 0 Å². The van der Waals surface area contributed by atoms with Gasteiger partial charge in [0.05, 0.1) is 17.6 Å². The van der Waals surface area contributed by atoms with Gasteiger partial charge in [-0.05, 0) is 52.1 Å². The van der Waals surface area contributed by atoms with Crippen molar-refractivity contribution in [3.05, 3.63) is 0 Å². The summed E-state index contributed by atoms with van der Waals surface area (Å²) in [5.41, 5.74) is -0.431. The summed E-state index contributed by atoms with van der Waals surface area (Å²) in [7, 11) is -2.82. The van der Waals surface area contributed by atoms with Crippen LogP contribution in [0, 0.1) is 11.3 Å². The SMILES string of the molecule is CC(C#N)(CCCN1CCCS(=O)(=O)CC1)NC1CC1. The van der Waals surface area contributed by atoms with Gasteiger partial charge in [0.25, 0.3) is 0 Å². The van der Waals surface area contributed by atoms with Crippen molar-refractivity contribution in [1.82, 2.24) is 10.2 Å². The minimum Gasteiger partial charge on any atom is -0.302 e. The Kier molecular flexibility index (Phi) is 5.05. The van der Waals surface area contributed by atoms with E-state index in [9.17, 15) is 13.7 Å². The standard InChI is InChI=1S/C14H25N3O2S/c1-14(12-15,16-13-4-5-13)6-2-7-17-8-3-10-20(18,19)11-9-17/h13,16H,2-11H2,1H3. The van der Waals surface area contributed by atoms with Crippen molar-refractivity contribution in [3.8, 4) is 6.07 Å². The van der Waals surface area contributed by atoms with Crippen molar-refractivity contribution in [2.45, 2.75) is 50.6 Å². The van der Waals surface area contributed by atoms with Crippen LogP contribution in [0.2, 0.25) is 0 Å². The predicted octanol–water partition coefficient (Wildman–Crippen LogP) is 0.921. The number of nitrogens with one attached hydrogen (secondary N) is 1. The monoisotopic (exact) mass is 299 g/mol. The van der Waals surface area contributed by atoms with Gasteiger partial charge in [-0.3, -0.25) is 5.32 Å². The summed E-state index contributed by atoms with van der Waals surface area (Å²) in [5, 5.41) is 12.7. The average molecular weight is 299 g/mol. The molecule has 1 atom stereocenters. The highest BCUT2D eigenvalue weighted by atomic mass is 32.2. The maximum atomic E-state index is 11.5. The Labute approximate surface area is 122 Å². The lowest BCUT2D eigenvalue weighted by molar-refractivity contribution is 0.274. The first kappa shape index (κ1) is 15.7. The molecule has 1 heterocycles. The smallest absolute Gasteiger partial charge is 0.151 e. The fourth-order valence-electron chi connectivity index (χ4n) is 2.71. The van der Waals surface area contributed by atoms with Crippen LogP contribution < -0.4 is 5.32 Å². The maximum absolute atomic E-state index is 11.5. The van der Waals surface area contributed by atoms with Gasteiger partial charge >= 0.3 is 0 Å². The lowest BCUT2D eigenvalue weighted by Gasteiger charge is -2.25. The maximum Gasteiger partial charge on any atom is 0.151 e. The molecule has 0 aromatic heterocycles. The van der Waals surface area contributed by atoms with E-state index in [1.807, 2.05) is 6.92 Å². The van der Waals surface area contributed by atoms with E-state index in [1.165, 1.54) is 12.8 Å². The molecule has 6 heteroatoms. The van der Waals surface area contributed by atoms with Crippen LogP contribution in [0.4, 0.5) is 0 Å². The molecule has 20 heavy (non-hydrogen) atoms. The molecule has 0 aromatic rings. The molecule has 114 valence electrons. The molecule has 0 aromatic carbocycles. The van der Waals surface area contributed by atoms with Crippen LogP contribution in [-0.2, 0) is 9.84 Å². The number of rotatable bonds is 6. The van der Waals surface area contributed by atoms with E-state index < -0.39 is 15.4 Å². The van der Waals surface area contributed by atoms with Crippen LogP contribution in [0.15, 0.2) is 0 Å². The number of hydrogen-bond acceptors (Lipinski definition) is 5. The molecule has 1 N–H and O–H groups in total. The molecule has 0 spiro atoms. The largest absolute Gasteiger partial charge is 0.302 e. The fourth-order valence-corrected chi connectivity index (χ4v) is 4.02. The van der Waals surface area contributed by atoms with Crippen molar-refractivity contribution in [2.24, 2.45) is 0 Å². The minimum atomic E-state index is -2.82. The summed E-state index contributed by atoms with van der Waals surface area (Å²) in [6, 6.07) is 2.92. The predicted molar refractivity (Wildman–Crippen MR) is 79.1 cm³/mol. The lowest BCUT2D eigenvalue weighted by Crippen LogP contribution is -2.43. The number of nitrogens with zero attached hydrogens (tertiary/aromatic N) is 2. The van der Waals surface area contributed by atoms with Crippen molar-refractivity contribution in [2.75, 3.05) is 31.1 Å². The highest BCUT2D eigenvalue weighted by molar-refractivity contribution is 7.91. The highest BCUT2D eigenvalue weighted by Crippen LogP contribution is 2.24. The Morgan fingerprint density at radius 3 is 2.75 bits per heavy atom. The third-order valence-corrected chi connectivity index (χ3v) is 5.86. The van der Waals surface area contributed by atoms with Crippen molar-refractivity contribution < 1.29 is 8.42 Å². The number of hydrogen-bond donors (Lipinski definition) is 1. The number of sulfone groups is 1. The molecule has 2 aliphatic rings. The molecule has 0 amide bonds. The van der Waals surface area contributed by atoms with Gasteiger partial charge in [-0.2, -0.15) is 5.26 Å². The number of nitriles is 1. The average Bonchev–Trinajstić information content (AvgIpc) is 3.19. The first-order chi connectivity index (χ1) is 9.42. The van der Waals surface area contributed by atoms with E-state index in [2.05, 4.69) is 16.3 Å². The van der Waals surface area contributed by atoms with Crippen LogP contribution in [-0.4, -0.2) is 56.0 Å². The Bertz CT molecular complexity index is 467. The first-order valence-electron chi connectivity index (χ1n) is 7.54. The van der Waals surface area contributed by atoms with E-state index in [0.29, 0.717) is 18.3 Å². The van der Waals surface area contributed by atoms with Crippen molar-refractivity contribution in [1.29, 1.82) is 5.26 Å². The molecule has 2 fully saturated rings. The second-order valence-electron chi connectivity index (χ2n) is 6.31. The zero-order chi connectivity index (χ0) is 14.6. The van der Waals surface area contributed by atoms with Crippen LogP contribution >= 0.6 is 0 Å². The molecule has 2 rings (SSSR count). The summed E-state index contributed by atoms with van der Waals surface area (Å²) >= 11 is 0. The molecule has 1 aliphatic heterocycles. The van der Waals surface area contributed by atoms with Crippen LogP contribution in [0.5, 0.6) is 0 Å². The second-order valence-corrected chi connectivity index (χ2v) is 8.62. The Balaban J connectivity index is 1.73. The Morgan fingerprint density at radius 1 is 1.35 bits per heavy atom. The van der Waals surface area contributed by atoms with Crippen molar-refractivity contribution >= 4 is 9.84 Å². The van der Waals surface area contributed by atoms with Gasteiger partial charge in [-0.1, -0.05) is 0 Å². The molecular weight excluding hydrogens is 274 g/mol. The van der Waals surface area contributed by atoms with Gasteiger partial charge < -0.3 is 4.90 Å². The molecule has 0 radical (unpaired) electrons. The second kappa shape index (κ2) is 6.42. The molecule has 5 nitrogen and oxygen atoms in total. The van der Waals surface area contributed by atoms with E-state index in [-0.39, 0.29) is 5.75 Å². The third kappa shape index (κ3) is 5.04. The van der Waals surface area contributed by atoms with Gasteiger partial charge in [0.15, 0.2) is 9.84 Å². The normalized spacial score (nSPS) is 26.4. The minimum absolute atomic E-state index is 0.281. The van der Waals surface area contributed by atoms with Crippen molar-refractivity contribution in [3.63, 3.8) is 0 Å². The zero-order valence-electron chi connectivity index (χ0n) is 12.3. The lowest BCUT2D eigenvalue weighted by atomic mass is 9.97. The Morgan fingerprint density at radius 2 is 2.10 bits per heavy atom. The fraction of sp³-hybridized carbons (Fsp3) is 0.929. The topological polar surface area (TPSA) is 73.2 Å². The highest BCUT2D eigenvalue weighted by Gasteiger charge is 2.32. The van der Waals surface area contributed by atoms with E-state index in [1.54, 1.807) is 0 Å². The van der Waals surface area contributed by atoms with E-state index in [0.717, 1.165) is 32.4 Å². The summed E-state index contributed by atoms with van der Waals surface area (Å²) in [5.74, 6) is 0.603. The van der Waals surface area contributed by atoms with Gasteiger partial charge in [0, 0.05) is 12.6 Å².